The van der Waals surface area contributed by atoms with Crippen LogP contribution in [-0.2, 0) is 4.79 Å². The Labute approximate surface area is 140 Å². The van der Waals surface area contributed by atoms with Gasteiger partial charge in [0, 0.05) is 16.6 Å². The third-order valence-corrected chi connectivity index (χ3v) is 3.56. The molecule has 0 saturated carbocycles. The summed E-state index contributed by atoms with van der Waals surface area (Å²) in [6, 6.07) is 11.2. The molecule has 120 valence electrons. The van der Waals surface area contributed by atoms with E-state index in [1.54, 1.807) is 18.2 Å². The lowest BCUT2D eigenvalue weighted by Gasteiger charge is -2.09. The number of nitrogens with one attached hydrogen (secondary N) is 1. The number of nitrogens with zero attached hydrogens (tertiary/aromatic N) is 1. The van der Waals surface area contributed by atoms with Crippen LogP contribution >= 0.6 is 15.9 Å². The third-order valence-electron chi connectivity index (χ3n) is 2.87. The van der Waals surface area contributed by atoms with Crippen molar-refractivity contribution in [1.82, 2.24) is 0 Å². The molecule has 0 aliphatic rings. The van der Waals surface area contributed by atoms with Gasteiger partial charge in [-0.3, -0.25) is 14.9 Å². The van der Waals surface area contributed by atoms with Crippen LogP contribution in [0, 0.1) is 10.1 Å². The predicted molar refractivity (Wildman–Crippen MR) is 87.9 cm³/mol. The van der Waals surface area contributed by atoms with E-state index in [1.807, 2.05) is 6.07 Å². The zero-order valence-corrected chi connectivity index (χ0v) is 13.7. The highest BCUT2D eigenvalue weighted by molar-refractivity contribution is 9.10. The molecule has 1 N–H and O–H groups in total. The van der Waals surface area contributed by atoms with Crippen LogP contribution in [0.15, 0.2) is 46.9 Å². The van der Waals surface area contributed by atoms with Gasteiger partial charge in [-0.05, 0) is 34.1 Å². The summed E-state index contributed by atoms with van der Waals surface area (Å²) < 4.78 is 11.0. The zero-order valence-electron chi connectivity index (χ0n) is 12.1. The maximum Gasteiger partial charge on any atom is 0.311 e. The van der Waals surface area contributed by atoms with Crippen molar-refractivity contribution in [1.29, 1.82) is 0 Å². The Morgan fingerprint density at radius 2 is 2.04 bits per heavy atom. The fourth-order valence-corrected chi connectivity index (χ4v) is 2.18. The number of carbonyl (C=O) groups excluding carboxylic acids is 1. The van der Waals surface area contributed by atoms with Crippen LogP contribution in [0.4, 0.5) is 11.4 Å². The second kappa shape index (κ2) is 7.59. The van der Waals surface area contributed by atoms with Crippen molar-refractivity contribution in [2.75, 3.05) is 19.0 Å². The number of hydrogen-bond donors (Lipinski definition) is 1. The van der Waals surface area contributed by atoms with Gasteiger partial charge >= 0.3 is 5.69 Å². The number of nitro benzene ring substituents is 1. The fourth-order valence-electron chi connectivity index (χ4n) is 1.80. The van der Waals surface area contributed by atoms with E-state index in [9.17, 15) is 14.9 Å². The summed E-state index contributed by atoms with van der Waals surface area (Å²) in [7, 11) is 1.33. The van der Waals surface area contributed by atoms with Crippen LogP contribution in [0.3, 0.4) is 0 Å². The van der Waals surface area contributed by atoms with Crippen molar-refractivity contribution in [3.05, 3.63) is 57.1 Å². The number of benzene rings is 2. The molecule has 2 aromatic rings. The quantitative estimate of drug-likeness (QED) is 0.612. The molecule has 2 rings (SSSR count). The van der Waals surface area contributed by atoms with Gasteiger partial charge in [-0.2, -0.15) is 0 Å². The minimum atomic E-state index is -0.553. The molecule has 2 aromatic carbocycles. The lowest BCUT2D eigenvalue weighted by atomic mass is 10.3. The molecule has 0 radical (unpaired) electrons. The van der Waals surface area contributed by atoms with Gasteiger partial charge in [0.1, 0.15) is 5.75 Å². The minimum absolute atomic E-state index is 0.0683. The average molecular weight is 381 g/mol. The zero-order chi connectivity index (χ0) is 16.8. The number of methoxy groups -OCH3 is 1. The van der Waals surface area contributed by atoms with Gasteiger partial charge < -0.3 is 14.8 Å². The van der Waals surface area contributed by atoms with E-state index >= 15 is 0 Å². The molecular formula is C15H13BrN2O5. The van der Waals surface area contributed by atoms with Gasteiger partial charge in [-0.15, -0.1) is 0 Å². The average Bonchev–Trinajstić information content (AvgIpc) is 2.54. The molecule has 0 aliphatic carbocycles. The normalized spacial score (nSPS) is 10.0. The molecule has 0 saturated heterocycles. The number of nitro groups is 1. The second-order valence-electron chi connectivity index (χ2n) is 4.41. The molecule has 7 nitrogen and oxygen atoms in total. The Morgan fingerprint density at radius 3 is 2.70 bits per heavy atom. The minimum Gasteiger partial charge on any atom is -0.490 e. The first-order valence-electron chi connectivity index (χ1n) is 6.51. The third kappa shape index (κ3) is 4.43. The maximum atomic E-state index is 11.9. The standard InChI is InChI=1S/C15H13BrN2O5/c1-22-14-8-10(6-7-13(14)18(20)21)23-9-15(19)17-12-5-3-2-4-11(12)16/h2-8H,9H2,1H3,(H,17,19). The van der Waals surface area contributed by atoms with E-state index in [0.717, 1.165) is 4.47 Å². The van der Waals surface area contributed by atoms with Gasteiger partial charge in [0.05, 0.1) is 17.7 Å². The van der Waals surface area contributed by atoms with E-state index in [-0.39, 0.29) is 24.0 Å². The van der Waals surface area contributed by atoms with Gasteiger partial charge in [-0.1, -0.05) is 12.1 Å². The van der Waals surface area contributed by atoms with Crippen LogP contribution < -0.4 is 14.8 Å². The number of halogens is 1. The summed E-state index contributed by atoms with van der Waals surface area (Å²) in [6.07, 6.45) is 0. The number of amides is 1. The Kier molecular flexibility index (Phi) is 5.53. The molecule has 0 fully saturated rings. The van der Waals surface area contributed by atoms with E-state index in [1.165, 1.54) is 25.3 Å². The molecule has 8 heteroatoms. The van der Waals surface area contributed by atoms with Crippen LogP contribution in [0.1, 0.15) is 0 Å². The highest BCUT2D eigenvalue weighted by Crippen LogP contribution is 2.30. The second-order valence-corrected chi connectivity index (χ2v) is 5.26. The summed E-state index contributed by atoms with van der Waals surface area (Å²) in [6.45, 7) is -0.234. The first kappa shape index (κ1) is 16.8. The largest absolute Gasteiger partial charge is 0.490 e. The molecule has 23 heavy (non-hydrogen) atoms. The molecule has 0 spiro atoms. The number of ether oxygens (including phenoxy) is 2. The number of hydrogen-bond acceptors (Lipinski definition) is 5. The van der Waals surface area contributed by atoms with Crippen LogP contribution in [0.5, 0.6) is 11.5 Å². The SMILES string of the molecule is COc1cc(OCC(=O)Nc2ccccc2Br)ccc1[N+](=O)[O-]. The van der Waals surface area contributed by atoms with E-state index in [2.05, 4.69) is 21.2 Å². The van der Waals surface area contributed by atoms with Gasteiger partial charge in [0.2, 0.25) is 5.75 Å². The van der Waals surface area contributed by atoms with Crippen LogP contribution in [0.25, 0.3) is 0 Å². The van der Waals surface area contributed by atoms with Crippen molar-refractivity contribution in [3.63, 3.8) is 0 Å². The lowest BCUT2D eigenvalue weighted by Crippen LogP contribution is -2.20. The number of para-hydroxylation sites is 1. The smallest absolute Gasteiger partial charge is 0.311 e. The highest BCUT2D eigenvalue weighted by atomic mass is 79.9. The fraction of sp³-hybridized carbons (Fsp3) is 0.133. The Hall–Kier alpha value is -2.61. The summed E-state index contributed by atoms with van der Waals surface area (Å²) in [5.74, 6) is 0.0164. The summed E-state index contributed by atoms with van der Waals surface area (Å²) >= 11 is 3.33. The monoisotopic (exact) mass is 380 g/mol. The van der Waals surface area contributed by atoms with Crippen molar-refractivity contribution >= 4 is 33.2 Å². The lowest BCUT2D eigenvalue weighted by molar-refractivity contribution is -0.385. The Balaban J connectivity index is 1.99. The van der Waals surface area contributed by atoms with Crippen molar-refractivity contribution in [3.8, 4) is 11.5 Å². The number of anilines is 1. The molecule has 0 unspecified atom stereocenters. The predicted octanol–water partition coefficient (Wildman–Crippen LogP) is 3.38. The van der Waals surface area contributed by atoms with Crippen molar-refractivity contribution in [2.45, 2.75) is 0 Å². The molecular weight excluding hydrogens is 368 g/mol. The summed E-state index contributed by atoms with van der Waals surface area (Å²) in [4.78, 5) is 22.1. The summed E-state index contributed by atoms with van der Waals surface area (Å²) in [5, 5.41) is 13.5. The maximum absolute atomic E-state index is 11.9. The first-order chi connectivity index (χ1) is 11.0. The van der Waals surface area contributed by atoms with Crippen molar-refractivity contribution in [2.24, 2.45) is 0 Å². The van der Waals surface area contributed by atoms with Gasteiger partial charge in [-0.25, -0.2) is 0 Å². The number of rotatable bonds is 6. The van der Waals surface area contributed by atoms with Gasteiger partial charge in [0.25, 0.3) is 5.91 Å². The molecule has 0 heterocycles. The van der Waals surface area contributed by atoms with Crippen molar-refractivity contribution < 1.29 is 19.2 Å². The Bertz CT molecular complexity index is 736. The molecule has 0 aliphatic heterocycles. The topological polar surface area (TPSA) is 90.7 Å². The van der Waals surface area contributed by atoms with Crippen LogP contribution in [0.2, 0.25) is 0 Å². The number of carbonyl (C=O) groups is 1. The Morgan fingerprint density at radius 1 is 1.30 bits per heavy atom. The van der Waals surface area contributed by atoms with E-state index in [4.69, 9.17) is 9.47 Å². The van der Waals surface area contributed by atoms with Gasteiger partial charge in [0.15, 0.2) is 6.61 Å². The molecule has 0 bridgehead atoms. The molecule has 1 amide bonds. The molecule has 0 aromatic heterocycles. The highest BCUT2D eigenvalue weighted by Gasteiger charge is 2.15. The van der Waals surface area contributed by atoms with E-state index < -0.39 is 4.92 Å². The first-order valence-corrected chi connectivity index (χ1v) is 7.30. The summed E-state index contributed by atoms with van der Waals surface area (Å²) in [5.41, 5.74) is 0.458. The molecule has 0 atom stereocenters. The van der Waals surface area contributed by atoms with Crippen LogP contribution in [-0.4, -0.2) is 24.5 Å². The van der Waals surface area contributed by atoms with E-state index in [0.29, 0.717) is 11.4 Å².